The molecule has 1 saturated heterocycles. The third-order valence-corrected chi connectivity index (χ3v) is 3.80. The average Bonchev–Trinajstić information content (AvgIpc) is 2.27. The molecule has 0 bridgehead atoms. The molecular formula is C12H23NO3. The summed E-state index contributed by atoms with van der Waals surface area (Å²) < 4.78 is 10.8. The van der Waals surface area contributed by atoms with Crippen LogP contribution < -0.4 is 5.73 Å². The molecule has 0 aromatic carbocycles. The van der Waals surface area contributed by atoms with Crippen molar-refractivity contribution in [1.82, 2.24) is 0 Å². The van der Waals surface area contributed by atoms with Gasteiger partial charge in [-0.2, -0.15) is 0 Å². The fourth-order valence-corrected chi connectivity index (χ4v) is 2.29. The first kappa shape index (κ1) is 13.5. The molecule has 4 heteroatoms. The maximum absolute atomic E-state index is 11.7. The van der Waals surface area contributed by atoms with E-state index in [1.165, 1.54) is 0 Å². The summed E-state index contributed by atoms with van der Waals surface area (Å²) in [4.78, 5) is 11.7. The number of hydrogen-bond acceptors (Lipinski definition) is 4. The zero-order valence-corrected chi connectivity index (χ0v) is 10.6. The van der Waals surface area contributed by atoms with Crippen LogP contribution >= 0.6 is 0 Å². The van der Waals surface area contributed by atoms with Crippen molar-refractivity contribution in [1.29, 1.82) is 0 Å². The van der Waals surface area contributed by atoms with Crippen molar-refractivity contribution >= 4 is 5.97 Å². The number of carbonyl (C=O) groups is 1. The zero-order chi connectivity index (χ0) is 12.3. The predicted molar refractivity (Wildman–Crippen MR) is 61.8 cm³/mol. The second-order valence-corrected chi connectivity index (χ2v) is 4.66. The molecule has 4 nitrogen and oxygen atoms in total. The molecule has 0 aromatic heterocycles. The van der Waals surface area contributed by atoms with Gasteiger partial charge >= 0.3 is 5.97 Å². The summed E-state index contributed by atoms with van der Waals surface area (Å²) >= 11 is 0. The van der Waals surface area contributed by atoms with Gasteiger partial charge in [0.1, 0.15) is 0 Å². The zero-order valence-electron chi connectivity index (χ0n) is 10.6. The normalized spacial score (nSPS) is 39.4. The van der Waals surface area contributed by atoms with Gasteiger partial charge in [-0.3, -0.25) is 0 Å². The lowest BCUT2D eigenvalue weighted by atomic mass is 9.76. The van der Waals surface area contributed by atoms with Gasteiger partial charge in [0.05, 0.1) is 12.7 Å². The van der Waals surface area contributed by atoms with Gasteiger partial charge in [-0.1, -0.05) is 20.8 Å². The topological polar surface area (TPSA) is 61.5 Å². The Labute approximate surface area is 97.5 Å². The highest BCUT2D eigenvalue weighted by Gasteiger charge is 2.42. The van der Waals surface area contributed by atoms with Crippen LogP contribution in [0.25, 0.3) is 0 Å². The molecule has 0 spiro atoms. The van der Waals surface area contributed by atoms with E-state index < -0.39 is 6.10 Å². The number of carbonyl (C=O) groups excluding carboxylic acids is 1. The summed E-state index contributed by atoms with van der Waals surface area (Å²) in [6, 6.07) is 0. The molecule has 0 aliphatic carbocycles. The quantitative estimate of drug-likeness (QED) is 0.738. The first-order valence-electron chi connectivity index (χ1n) is 6.05. The van der Waals surface area contributed by atoms with Crippen molar-refractivity contribution < 1.29 is 14.3 Å². The van der Waals surface area contributed by atoms with Gasteiger partial charge in [-0.25, -0.2) is 4.79 Å². The van der Waals surface area contributed by atoms with Crippen LogP contribution in [0.15, 0.2) is 0 Å². The minimum absolute atomic E-state index is 0.0411. The minimum Gasteiger partial charge on any atom is -0.464 e. The van der Waals surface area contributed by atoms with Crippen LogP contribution in [0.5, 0.6) is 0 Å². The maximum atomic E-state index is 11.7. The summed E-state index contributed by atoms with van der Waals surface area (Å²) in [6.45, 7) is 8.96. The second-order valence-electron chi connectivity index (χ2n) is 4.66. The molecular weight excluding hydrogens is 206 g/mol. The average molecular weight is 229 g/mol. The molecule has 0 radical (unpaired) electrons. The van der Waals surface area contributed by atoms with E-state index in [0.29, 0.717) is 25.0 Å². The van der Waals surface area contributed by atoms with Crippen molar-refractivity contribution in [2.75, 3.05) is 13.2 Å². The number of nitrogens with two attached hydrogens (primary N) is 1. The maximum Gasteiger partial charge on any atom is 0.335 e. The highest BCUT2D eigenvalue weighted by molar-refractivity contribution is 5.75. The van der Waals surface area contributed by atoms with Gasteiger partial charge in [0, 0.05) is 6.54 Å². The van der Waals surface area contributed by atoms with E-state index >= 15 is 0 Å². The molecule has 1 aliphatic rings. The predicted octanol–water partition coefficient (Wildman–Crippen LogP) is 1.18. The molecule has 5 atom stereocenters. The van der Waals surface area contributed by atoms with Crippen molar-refractivity contribution in [3.8, 4) is 0 Å². The van der Waals surface area contributed by atoms with Gasteiger partial charge in [-0.05, 0) is 24.7 Å². The van der Waals surface area contributed by atoms with E-state index in [-0.39, 0.29) is 18.0 Å². The lowest BCUT2D eigenvalue weighted by Crippen LogP contribution is -2.51. The van der Waals surface area contributed by atoms with Crippen LogP contribution in [0.3, 0.4) is 0 Å². The fraction of sp³-hybridized carbons (Fsp3) is 0.917. The number of hydrogen-bond donors (Lipinski definition) is 1. The molecule has 1 heterocycles. The van der Waals surface area contributed by atoms with E-state index in [2.05, 4.69) is 13.8 Å². The summed E-state index contributed by atoms with van der Waals surface area (Å²) in [5.41, 5.74) is 5.66. The molecule has 16 heavy (non-hydrogen) atoms. The van der Waals surface area contributed by atoms with Crippen LogP contribution in [0.4, 0.5) is 0 Å². The second kappa shape index (κ2) is 5.64. The van der Waals surface area contributed by atoms with E-state index in [9.17, 15) is 4.79 Å². The van der Waals surface area contributed by atoms with Gasteiger partial charge in [0.2, 0.25) is 0 Å². The van der Waals surface area contributed by atoms with Gasteiger partial charge in [-0.15, -0.1) is 0 Å². The van der Waals surface area contributed by atoms with Gasteiger partial charge in [0.15, 0.2) is 6.10 Å². The highest BCUT2D eigenvalue weighted by atomic mass is 16.6. The van der Waals surface area contributed by atoms with Crippen molar-refractivity contribution in [2.24, 2.45) is 23.5 Å². The number of ether oxygens (including phenoxy) is 2. The van der Waals surface area contributed by atoms with Crippen LogP contribution in [0.1, 0.15) is 27.7 Å². The first-order chi connectivity index (χ1) is 7.52. The molecule has 2 N–H and O–H groups in total. The molecule has 0 unspecified atom stereocenters. The Morgan fingerprint density at radius 3 is 2.38 bits per heavy atom. The van der Waals surface area contributed by atoms with E-state index in [4.69, 9.17) is 15.2 Å². The van der Waals surface area contributed by atoms with E-state index in [1.807, 2.05) is 6.92 Å². The van der Waals surface area contributed by atoms with Gasteiger partial charge < -0.3 is 15.2 Å². The standard InChI is InChI=1S/C12H23NO3/c1-5-15-12(14)11-9(4)7(2)8(3)10(6-13)16-11/h7-11H,5-6,13H2,1-4H3/t7-,8-,9+,10+,11+/m0/s1. The Balaban J connectivity index is 2.74. The number of rotatable bonds is 3. The largest absolute Gasteiger partial charge is 0.464 e. The highest BCUT2D eigenvalue weighted by Crippen LogP contribution is 2.34. The Kier molecular flexibility index (Phi) is 4.74. The Morgan fingerprint density at radius 2 is 1.88 bits per heavy atom. The van der Waals surface area contributed by atoms with Gasteiger partial charge in [0.25, 0.3) is 0 Å². The monoisotopic (exact) mass is 229 g/mol. The van der Waals surface area contributed by atoms with Crippen molar-refractivity contribution in [3.05, 3.63) is 0 Å². The third-order valence-electron chi connectivity index (χ3n) is 3.80. The molecule has 94 valence electrons. The third kappa shape index (κ3) is 2.55. The van der Waals surface area contributed by atoms with E-state index in [1.54, 1.807) is 6.92 Å². The molecule has 0 amide bonds. The van der Waals surface area contributed by atoms with Crippen molar-refractivity contribution in [2.45, 2.75) is 39.9 Å². The summed E-state index contributed by atoms with van der Waals surface area (Å²) in [6.07, 6.45) is -0.500. The molecule has 1 rings (SSSR count). The van der Waals surface area contributed by atoms with Crippen LogP contribution in [-0.2, 0) is 14.3 Å². The molecule has 1 fully saturated rings. The summed E-state index contributed by atoms with van der Waals surface area (Å²) in [5.74, 6) is 0.714. The minimum atomic E-state index is -0.459. The molecule has 1 aliphatic heterocycles. The summed E-state index contributed by atoms with van der Waals surface area (Å²) in [5, 5.41) is 0. The Hall–Kier alpha value is -0.610. The van der Waals surface area contributed by atoms with Crippen LogP contribution in [0, 0.1) is 17.8 Å². The van der Waals surface area contributed by atoms with Crippen molar-refractivity contribution in [3.63, 3.8) is 0 Å². The number of esters is 1. The molecule has 0 saturated carbocycles. The van der Waals surface area contributed by atoms with Crippen LogP contribution in [0.2, 0.25) is 0 Å². The lowest BCUT2D eigenvalue weighted by molar-refractivity contribution is -0.182. The SMILES string of the molecule is CCOC(=O)[C@@H]1O[C@H](CN)[C@@H](C)[C@H](C)[C@H]1C. The lowest BCUT2D eigenvalue weighted by Gasteiger charge is -2.42. The summed E-state index contributed by atoms with van der Waals surface area (Å²) in [7, 11) is 0. The smallest absolute Gasteiger partial charge is 0.335 e. The van der Waals surface area contributed by atoms with Crippen LogP contribution in [-0.4, -0.2) is 31.3 Å². The molecule has 0 aromatic rings. The first-order valence-corrected chi connectivity index (χ1v) is 6.05. The Bertz CT molecular complexity index is 242. The van der Waals surface area contributed by atoms with E-state index in [0.717, 1.165) is 0 Å². The fourth-order valence-electron chi connectivity index (χ4n) is 2.29. The Morgan fingerprint density at radius 1 is 1.25 bits per heavy atom.